The first-order chi connectivity index (χ1) is 9.72. The zero-order valence-electron chi connectivity index (χ0n) is 11.3. The molecule has 1 atom stereocenters. The van der Waals surface area contributed by atoms with Crippen LogP contribution in [0.2, 0.25) is 0 Å². The Balaban J connectivity index is 2.09. The number of hydrogen-bond acceptors (Lipinski definition) is 6. The lowest BCUT2D eigenvalue weighted by Crippen LogP contribution is -2.34. The third kappa shape index (κ3) is 3.58. The van der Waals surface area contributed by atoms with Crippen LogP contribution in [0.4, 0.5) is 11.4 Å². The van der Waals surface area contributed by atoms with E-state index in [4.69, 9.17) is 14.2 Å². The van der Waals surface area contributed by atoms with Crippen LogP contribution in [0.15, 0.2) is 18.2 Å². The van der Waals surface area contributed by atoms with Crippen LogP contribution in [0.1, 0.15) is 6.92 Å². The fourth-order valence-electron chi connectivity index (χ4n) is 2.00. The van der Waals surface area contributed by atoms with Crippen molar-refractivity contribution in [3.63, 3.8) is 0 Å². The zero-order valence-corrected chi connectivity index (χ0v) is 11.3. The molecule has 110 valence electrons. The van der Waals surface area contributed by atoms with Crippen LogP contribution in [0.25, 0.3) is 0 Å². The number of benzene rings is 1. The van der Waals surface area contributed by atoms with Crippen LogP contribution < -0.4 is 10.1 Å². The van der Waals surface area contributed by atoms with E-state index in [1.165, 1.54) is 0 Å². The second kappa shape index (κ2) is 7.06. The van der Waals surface area contributed by atoms with E-state index in [9.17, 15) is 10.1 Å². The van der Waals surface area contributed by atoms with Gasteiger partial charge in [0.25, 0.3) is 0 Å². The van der Waals surface area contributed by atoms with Crippen LogP contribution in [-0.2, 0) is 9.47 Å². The first-order valence-corrected chi connectivity index (χ1v) is 6.55. The molecule has 0 spiro atoms. The molecule has 1 fully saturated rings. The van der Waals surface area contributed by atoms with Gasteiger partial charge in [-0.3, -0.25) is 10.1 Å². The average Bonchev–Trinajstić information content (AvgIpc) is 2.46. The van der Waals surface area contributed by atoms with Crippen molar-refractivity contribution in [1.82, 2.24) is 0 Å². The molecule has 2 rings (SSSR count). The molecule has 1 unspecified atom stereocenters. The van der Waals surface area contributed by atoms with Gasteiger partial charge in [-0.25, -0.2) is 0 Å². The highest BCUT2D eigenvalue weighted by molar-refractivity contribution is 5.68. The van der Waals surface area contributed by atoms with Crippen molar-refractivity contribution in [1.29, 1.82) is 0 Å². The number of nitro groups is 1. The normalized spacial score (nSPS) is 18.6. The molecule has 0 amide bonds. The van der Waals surface area contributed by atoms with Gasteiger partial charge in [-0.2, -0.15) is 0 Å². The number of rotatable bonds is 6. The van der Waals surface area contributed by atoms with Crippen molar-refractivity contribution < 1.29 is 19.1 Å². The highest BCUT2D eigenvalue weighted by atomic mass is 16.6. The lowest BCUT2D eigenvalue weighted by atomic mass is 10.2. The van der Waals surface area contributed by atoms with E-state index in [0.29, 0.717) is 38.7 Å². The van der Waals surface area contributed by atoms with Crippen molar-refractivity contribution >= 4 is 11.4 Å². The number of nitro benzene ring substituents is 1. The van der Waals surface area contributed by atoms with E-state index >= 15 is 0 Å². The minimum Gasteiger partial charge on any atom is -0.487 e. The van der Waals surface area contributed by atoms with Crippen molar-refractivity contribution in [2.75, 3.05) is 38.3 Å². The zero-order chi connectivity index (χ0) is 14.4. The van der Waals surface area contributed by atoms with Crippen LogP contribution >= 0.6 is 0 Å². The Bertz CT molecular complexity index is 460. The van der Waals surface area contributed by atoms with Gasteiger partial charge in [0.05, 0.1) is 37.5 Å². The number of para-hydroxylation sites is 1. The predicted octanol–water partition coefficient (Wildman–Crippen LogP) is 1.82. The van der Waals surface area contributed by atoms with E-state index in [1.807, 2.05) is 0 Å². The second-order valence-electron chi connectivity index (χ2n) is 4.29. The number of hydrogen-bond donors (Lipinski definition) is 1. The molecule has 1 aliphatic heterocycles. The minimum absolute atomic E-state index is 0.0499. The molecule has 1 aliphatic rings. The van der Waals surface area contributed by atoms with Crippen LogP contribution in [0, 0.1) is 10.1 Å². The maximum Gasteiger partial charge on any atom is 0.333 e. The molecule has 0 radical (unpaired) electrons. The van der Waals surface area contributed by atoms with Crippen LogP contribution in [0.5, 0.6) is 5.75 Å². The van der Waals surface area contributed by atoms with Crippen molar-refractivity contribution in [2.24, 2.45) is 0 Å². The monoisotopic (exact) mass is 282 g/mol. The molecular weight excluding hydrogens is 264 g/mol. The molecule has 1 N–H and O–H groups in total. The molecule has 1 aromatic carbocycles. The molecular formula is C13H18N2O5. The highest BCUT2D eigenvalue weighted by Gasteiger charge is 2.22. The fourth-order valence-corrected chi connectivity index (χ4v) is 2.00. The lowest BCUT2D eigenvalue weighted by Gasteiger charge is -2.23. The summed E-state index contributed by atoms with van der Waals surface area (Å²) in [6.45, 7) is 4.26. The van der Waals surface area contributed by atoms with Gasteiger partial charge < -0.3 is 19.5 Å². The first kappa shape index (κ1) is 14.5. The van der Waals surface area contributed by atoms with Gasteiger partial charge in [-0.15, -0.1) is 0 Å². The van der Waals surface area contributed by atoms with Gasteiger partial charge in [-0.1, -0.05) is 6.07 Å². The Labute approximate surface area is 117 Å². The number of nitrogens with zero attached hydrogens (tertiary/aromatic N) is 1. The summed E-state index contributed by atoms with van der Waals surface area (Å²) in [7, 11) is 0. The summed E-state index contributed by atoms with van der Waals surface area (Å²) in [4.78, 5) is 10.8. The Morgan fingerprint density at radius 3 is 3.00 bits per heavy atom. The molecule has 7 heteroatoms. The lowest BCUT2D eigenvalue weighted by molar-refractivity contribution is -0.384. The number of ether oxygens (including phenoxy) is 3. The summed E-state index contributed by atoms with van der Waals surface area (Å²) >= 11 is 0. The molecule has 1 aromatic rings. The smallest absolute Gasteiger partial charge is 0.333 e. The van der Waals surface area contributed by atoms with E-state index < -0.39 is 4.92 Å². The van der Waals surface area contributed by atoms with Gasteiger partial charge in [0.1, 0.15) is 5.69 Å². The number of anilines is 1. The molecule has 20 heavy (non-hydrogen) atoms. The summed E-state index contributed by atoms with van der Waals surface area (Å²) in [6, 6.07) is 4.97. The third-order valence-corrected chi connectivity index (χ3v) is 2.89. The van der Waals surface area contributed by atoms with Gasteiger partial charge in [0.15, 0.2) is 5.75 Å². The van der Waals surface area contributed by atoms with Gasteiger partial charge >= 0.3 is 5.69 Å². The molecule has 0 saturated carbocycles. The van der Waals surface area contributed by atoms with Gasteiger partial charge in [-0.05, 0) is 19.1 Å². The summed E-state index contributed by atoms with van der Waals surface area (Å²) in [5.74, 6) is 0.267. The average molecular weight is 282 g/mol. The number of nitrogens with one attached hydrogen (secondary N) is 1. The van der Waals surface area contributed by atoms with E-state index in [0.717, 1.165) is 0 Å². The van der Waals surface area contributed by atoms with Crippen molar-refractivity contribution in [3.05, 3.63) is 28.3 Å². The Morgan fingerprint density at radius 1 is 1.50 bits per heavy atom. The molecule has 7 nitrogen and oxygen atoms in total. The Morgan fingerprint density at radius 2 is 2.35 bits per heavy atom. The van der Waals surface area contributed by atoms with Crippen molar-refractivity contribution in [2.45, 2.75) is 13.0 Å². The third-order valence-electron chi connectivity index (χ3n) is 2.89. The molecule has 0 aliphatic carbocycles. The summed E-state index contributed by atoms with van der Waals surface area (Å²) < 4.78 is 16.1. The standard InChI is InChI=1S/C13H18N2O5/c1-2-19-12-5-3-4-11(13(12)15(16)17)14-8-10-9-18-6-7-20-10/h3-5,10,14H,2,6-9H2,1H3. The van der Waals surface area contributed by atoms with Gasteiger partial charge in [0.2, 0.25) is 0 Å². The molecule has 0 aromatic heterocycles. The topological polar surface area (TPSA) is 82.9 Å². The quantitative estimate of drug-likeness (QED) is 0.633. The molecule has 0 bridgehead atoms. The van der Waals surface area contributed by atoms with E-state index in [-0.39, 0.29) is 17.5 Å². The molecule has 1 saturated heterocycles. The summed E-state index contributed by atoms with van der Waals surface area (Å²) in [5, 5.41) is 14.2. The van der Waals surface area contributed by atoms with E-state index in [1.54, 1.807) is 25.1 Å². The van der Waals surface area contributed by atoms with Crippen molar-refractivity contribution in [3.8, 4) is 5.75 Å². The second-order valence-corrected chi connectivity index (χ2v) is 4.29. The predicted molar refractivity (Wildman–Crippen MR) is 73.3 cm³/mol. The fraction of sp³-hybridized carbons (Fsp3) is 0.538. The largest absolute Gasteiger partial charge is 0.487 e. The minimum atomic E-state index is -0.439. The van der Waals surface area contributed by atoms with Gasteiger partial charge in [0, 0.05) is 6.54 Å². The van der Waals surface area contributed by atoms with Crippen LogP contribution in [0.3, 0.4) is 0 Å². The SMILES string of the molecule is CCOc1cccc(NCC2COCCO2)c1[N+](=O)[O-]. The Kier molecular flexibility index (Phi) is 5.14. The molecule has 1 heterocycles. The summed E-state index contributed by atoms with van der Waals surface area (Å²) in [6.07, 6.45) is -0.0981. The maximum absolute atomic E-state index is 11.2. The Hall–Kier alpha value is -1.86. The van der Waals surface area contributed by atoms with Crippen LogP contribution in [-0.4, -0.2) is 44.0 Å². The maximum atomic E-state index is 11.2. The highest BCUT2D eigenvalue weighted by Crippen LogP contribution is 2.34. The van der Waals surface area contributed by atoms with E-state index in [2.05, 4.69) is 5.32 Å². The summed E-state index contributed by atoms with van der Waals surface area (Å²) in [5.41, 5.74) is 0.376. The first-order valence-electron chi connectivity index (χ1n) is 6.55.